The predicted molar refractivity (Wildman–Crippen MR) is 68.8 cm³/mol. The molecule has 0 saturated carbocycles. The topological polar surface area (TPSA) is 81.3 Å². The van der Waals surface area contributed by atoms with Crippen molar-refractivity contribution in [3.05, 3.63) is 22.0 Å². The molecule has 0 N–H and O–H groups in total. The Morgan fingerprint density at radius 2 is 2.00 bits per heavy atom. The minimum Gasteiger partial charge on any atom is -0.332 e. The summed E-state index contributed by atoms with van der Waals surface area (Å²) in [6.07, 6.45) is 4.20. The Bertz CT molecular complexity index is 501. The van der Waals surface area contributed by atoms with Gasteiger partial charge in [-0.15, -0.1) is 0 Å². The van der Waals surface area contributed by atoms with Crippen LogP contribution in [-0.2, 0) is 7.05 Å². The third kappa shape index (κ3) is 2.45. The van der Waals surface area contributed by atoms with Gasteiger partial charge in [-0.05, 0) is 33.1 Å². The fourth-order valence-corrected chi connectivity index (χ4v) is 2.71. The first-order chi connectivity index (χ1) is 8.91. The van der Waals surface area contributed by atoms with Crippen molar-refractivity contribution in [3.8, 4) is 0 Å². The minimum absolute atomic E-state index is 0.0619. The molecule has 7 heteroatoms. The first kappa shape index (κ1) is 13.5. The largest absolute Gasteiger partial charge is 0.332 e. The van der Waals surface area contributed by atoms with Crippen molar-refractivity contribution in [2.45, 2.75) is 45.2 Å². The first-order valence-corrected chi connectivity index (χ1v) is 6.42. The molecule has 2 atom stereocenters. The molecule has 1 fully saturated rings. The summed E-state index contributed by atoms with van der Waals surface area (Å²) in [5, 5.41) is 14.9. The maximum atomic E-state index is 12.5. The number of nitrogens with zero attached hydrogens (tertiary/aromatic N) is 4. The number of carbonyl (C=O) groups excluding carboxylic acids is 1. The van der Waals surface area contributed by atoms with Gasteiger partial charge >= 0.3 is 5.69 Å². The van der Waals surface area contributed by atoms with Gasteiger partial charge < -0.3 is 4.90 Å². The summed E-state index contributed by atoms with van der Waals surface area (Å²) in [4.78, 5) is 24.6. The molecule has 2 rings (SSSR count). The molecule has 1 aliphatic rings. The fraction of sp³-hybridized carbons (Fsp3) is 0.667. The highest BCUT2D eigenvalue weighted by Gasteiger charge is 2.35. The van der Waals surface area contributed by atoms with E-state index in [1.54, 1.807) is 11.9 Å². The SMILES string of the molecule is C[C@H]1CCC[C@H](C)N1C(=O)c1nn(C)cc1[N+](=O)[O-]. The lowest BCUT2D eigenvalue weighted by atomic mass is 9.97. The van der Waals surface area contributed by atoms with Crippen molar-refractivity contribution < 1.29 is 9.72 Å². The van der Waals surface area contributed by atoms with E-state index in [0.717, 1.165) is 19.3 Å². The molecule has 1 amide bonds. The van der Waals surface area contributed by atoms with Crippen LogP contribution >= 0.6 is 0 Å². The Hall–Kier alpha value is -1.92. The first-order valence-electron chi connectivity index (χ1n) is 6.42. The Labute approximate surface area is 111 Å². The number of piperidine rings is 1. The third-order valence-corrected chi connectivity index (χ3v) is 3.64. The van der Waals surface area contributed by atoms with Gasteiger partial charge in [-0.1, -0.05) is 0 Å². The molecule has 19 heavy (non-hydrogen) atoms. The third-order valence-electron chi connectivity index (χ3n) is 3.64. The zero-order valence-electron chi connectivity index (χ0n) is 11.4. The lowest BCUT2D eigenvalue weighted by molar-refractivity contribution is -0.385. The molecule has 1 aliphatic heterocycles. The summed E-state index contributed by atoms with van der Waals surface area (Å²) in [5.74, 6) is -0.341. The van der Waals surface area contributed by atoms with Crippen LogP contribution in [0.4, 0.5) is 5.69 Å². The van der Waals surface area contributed by atoms with Gasteiger partial charge in [-0.3, -0.25) is 19.6 Å². The van der Waals surface area contributed by atoms with E-state index in [-0.39, 0.29) is 29.4 Å². The number of rotatable bonds is 2. The van der Waals surface area contributed by atoms with E-state index in [4.69, 9.17) is 0 Å². The summed E-state index contributed by atoms with van der Waals surface area (Å²) in [7, 11) is 1.58. The van der Waals surface area contributed by atoms with Crippen molar-refractivity contribution in [1.29, 1.82) is 0 Å². The second-order valence-electron chi connectivity index (χ2n) is 5.14. The second kappa shape index (κ2) is 4.99. The molecule has 0 unspecified atom stereocenters. The van der Waals surface area contributed by atoms with Crippen LogP contribution in [0.25, 0.3) is 0 Å². The van der Waals surface area contributed by atoms with Gasteiger partial charge in [0.2, 0.25) is 5.69 Å². The van der Waals surface area contributed by atoms with E-state index in [0.29, 0.717) is 0 Å². The summed E-state index contributed by atoms with van der Waals surface area (Å²) in [5.41, 5.74) is -0.287. The van der Waals surface area contributed by atoms with Crippen LogP contribution in [0, 0.1) is 10.1 Å². The van der Waals surface area contributed by atoms with Crippen LogP contribution in [0.2, 0.25) is 0 Å². The van der Waals surface area contributed by atoms with Crippen molar-refractivity contribution in [2.75, 3.05) is 0 Å². The number of nitro groups is 1. The molecule has 0 aromatic carbocycles. The van der Waals surface area contributed by atoms with Crippen molar-refractivity contribution >= 4 is 11.6 Å². The Morgan fingerprint density at radius 1 is 1.42 bits per heavy atom. The van der Waals surface area contributed by atoms with Gasteiger partial charge in [-0.25, -0.2) is 0 Å². The lowest BCUT2D eigenvalue weighted by Crippen LogP contribution is -2.47. The average molecular weight is 266 g/mol. The zero-order valence-corrected chi connectivity index (χ0v) is 11.4. The van der Waals surface area contributed by atoms with Crippen LogP contribution in [0.15, 0.2) is 6.20 Å². The predicted octanol–water partition coefficient (Wildman–Crippen LogP) is 1.73. The standard InChI is InChI=1S/C12H18N4O3/c1-8-5-4-6-9(2)15(8)12(17)11-10(16(18)19)7-14(3)13-11/h7-9H,4-6H2,1-3H3/t8-,9-/m0/s1. The molecule has 0 spiro atoms. The highest BCUT2D eigenvalue weighted by molar-refractivity contribution is 5.96. The molecule has 0 radical (unpaired) electrons. The molecule has 1 aromatic heterocycles. The monoisotopic (exact) mass is 266 g/mol. The van der Waals surface area contributed by atoms with Gasteiger partial charge in [0.25, 0.3) is 5.91 Å². The number of likely N-dealkylation sites (tertiary alicyclic amines) is 1. The number of aromatic nitrogens is 2. The van der Waals surface area contributed by atoms with Crippen LogP contribution in [0.1, 0.15) is 43.6 Å². The van der Waals surface area contributed by atoms with Gasteiger partial charge in [0, 0.05) is 19.1 Å². The summed E-state index contributed by atoms with van der Waals surface area (Å²) in [6, 6.07) is 0.190. The van der Waals surface area contributed by atoms with Crippen LogP contribution in [0.5, 0.6) is 0 Å². The molecular weight excluding hydrogens is 248 g/mol. The summed E-state index contributed by atoms with van der Waals surface area (Å²) < 4.78 is 1.31. The number of carbonyl (C=O) groups is 1. The van der Waals surface area contributed by atoms with Crippen molar-refractivity contribution in [2.24, 2.45) is 7.05 Å². The van der Waals surface area contributed by atoms with E-state index >= 15 is 0 Å². The fourth-order valence-electron chi connectivity index (χ4n) is 2.71. The van der Waals surface area contributed by atoms with Crippen LogP contribution < -0.4 is 0 Å². The summed E-state index contributed by atoms with van der Waals surface area (Å²) in [6.45, 7) is 3.95. The highest BCUT2D eigenvalue weighted by Crippen LogP contribution is 2.27. The van der Waals surface area contributed by atoms with E-state index in [1.807, 2.05) is 13.8 Å². The maximum absolute atomic E-state index is 12.5. The second-order valence-corrected chi connectivity index (χ2v) is 5.14. The van der Waals surface area contributed by atoms with Gasteiger partial charge in [0.15, 0.2) is 0 Å². The van der Waals surface area contributed by atoms with Crippen LogP contribution in [0.3, 0.4) is 0 Å². The molecule has 2 heterocycles. The molecule has 7 nitrogen and oxygen atoms in total. The van der Waals surface area contributed by atoms with Gasteiger partial charge in [0.1, 0.15) is 6.20 Å². The molecular formula is C12H18N4O3. The van der Waals surface area contributed by atoms with E-state index in [9.17, 15) is 14.9 Å². The van der Waals surface area contributed by atoms with Crippen molar-refractivity contribution in [3.63, 3.8) is 0 Å². The molecule has 0 bridgehead atoms. The number of amides is 1. The Kier molecular flexibility index (Phi) is 3.55. The quantitative estimate of drug-likeness (QED) is 0.603. The van der Waals surface area contributed by atoms with Gasteiger partial charge in [0.05, 0.1) is 4.92 Å². The number of aryl methyl sites for hydroxylation is 1. The van der Waals surface area contributed by atoms with Gasteiger partial charge in [-0.2, -0.15) is 5.10 Å². The summed E-state index contributed by atoms with van der Waals surface area (Å²) >= 11 is 0. The Balaban J connectivity index is 2.35. The number of hydrogen-bond donors (Lipinski definition) is 0. The van der Waals surface area contributed by atoms with E-state index in [2.05, 4.69) is 5.10 Å². The maximum Gasteiger partial charge on any atom is 0.320 e. The average Bonchev–Trinajstić information content (AvgIpc) is 2.71. The van der Waals surface area contributed by atoms with E-state index in [1.165, 1.54) is 10.9 Å². The molecule has 0 aliphatic carbocycles. The zero-order chi connectivity index (χ0) is 14.2. The normalized spacial score (nSPS) is 23.4. The van der Waals surface area contributed by atoms with Crippen LogP contribution in [-0.4, -0.2) is 37.6 Å². The molecule has 1 saturated heterocycles. The Morgan fingerprint density at radius 3 is 2.53 bits per heavy atom. The number of hydrogen-bond acceptors (Lipinski definition) is 4. The van der Waals surface area contributed by atoms with Crippen molar-refractivity contribution in [1.82, 2.24) is 14.7 Å². The minimum atomic E-state index is -0.556. The lowest BCUT2D eigenvalue weighted by Gasteiger charge is -2.38. The molecule has 104 valence electrons. The van der Waals surface area contributed by atoms with E-state index < -0.39 is 4.92 Å². The highest BCUT2D eigenvalue weighted by atomic mass is 16.6. The smallest absolute Gasteiger partial charge is 0.320 e. The molecule has 1 aromatic rings.